The largest absolute Gasteiger partial charge is 0.461 e. The molecule has 112 valence electrons. The number of carbonyl (C=O) groups is 1. The first-order valence-corrected chi connectivity index (χ1v) is 7.69. The first-order valence-electron chi connectivity index (χ1n) is 7.69. The zero-order chi connectivity index (χ0) is 15.8. The van der Waals surface area contributed by atoms with E-state index in [0.717, 1.165) is 16.3 Å². The van der Waals surface area contributed by atoms with Crippen molar-refractivity contribution in [1.82, 2.24) is 0 Å². The number of fused-ring (bicyclic) bond motifs is 4. The maximum Gasteiger partial charge on any atom is 0.302 e. The molecule has 4 aromatic rings. The van der Waals surface area contributed by atoms with Gasteiger partial charge < -0.3 is 4.74 Å². The lowest BCUT2D eigenvalue weighted by molar-refractivity contribution is -0.142. The Morgan fingerprint density at radius 2 is 1.48 bits per heavy atom. The molecule has 0 radical (unpaired) electrons. The molecule has 0 aliphatic heterocycles. The molecule has 0 heterocycles. The Hall–Kier alpha value is -2.87. The molecule has 0 amide bonds. The summed E-state index contributed by atoms with van der Waals surface area (Å²) in [7, 11) is 0. The van der Waals surface area contributed by atoms with Gasteiger partial charge in [-0.25, -0.2) is 0 Å². The Morgan fingerprint density at radius 1 is 0.783 bits per heavy atom. The Morgan fingerprint density at radius 3 is 2.26 bits per heavy atom. The number of benzene rings is 4. The maximum atomic E-state index is 11.3. The SMILES string of the molecule is CC(=O)O[13CH2]c1c2ccccc2cc2c1ccc1ccccc12. The van der Waals surface area contributed by atoms with Crippen molar-refractivity contribution in [3.05, 3.63) is 72.3 Å². The summed E-state index contributed by atoms with van der Waals surface area (Å²) < 4.78 is 5.32. The van der Waals surface area contributed by atoms with Crippen LogP contribution in [0, 0.1) is 0 Å². The van der Waals surface area contributed by atoms with Crippen LogP contribution in [0.5, 0.6) is 0 Å². The van der Waals surface area contributed by atoms with Crippen LogP contribution in [-0.2, 0) is 16.1 Å². The minimum Gasteiger partial charge on any atom is -0.461 e. The first-order chi connectivity index (χ1) is 11.2. The molecule has 0 aliphatic carbocycles. The van der Waals surface area contributed by atoms with Gasteiger partial charge in [-0.15, -0.1) is 0 Å². The average molecular weight is 301 g/mol. The molecule has 0 bridgehead atoms. The molecule has 4 rings (SSSR count). The van der Waals surface area contributed by atoms with Crippen molar-refractivity contribution in [2.45, 2.75) is 13.5 Å². The molecule has 0 unspecified atom stereocenters. The lowest BCUT2D eigenvalue weighted by atomic mass is 9.96. The van der Waals surface area contributed by atoms with Crippen LogP contribution >= 0.6 is 0 Å². The van der Waals surface area contributed by atoms with Crippen LogP contribution in [0.2, 0.25) is 0 Å². The highest BCUT2D eigenvalue weighted by molar-refractivity contribution is 6.14. The van der Waals surface area contributed by atoms with Gasteiger partial charge in [0.15, 0.2) is 0 Å². The Bertz CT molecular complexity index is 1050. The van der Waals surface area contributed by atoms with Crippen LogP contribution < -0.4 is 0 Å². The lowest BCUT2D eigenvalue weighted by Gasteiger charge is -2.13. The van der Waals surface area contributed by atoms with Crippen LogP contribution in [0.25, 0.3) is 32.3 Å². The van der Waals surface area contributed by atoms with E-state index in [9.17, 15) is 4.79 Å². The third-order valence-corrected chi connectivity index (χ3v) is 4.30. The Balaban J connectivity index is 2.12. The number of ether oxygens (including phenoxy) is 1. The number of carbonyl (C=O) groups excluding carboxylic acids is 1. The van der Waals surface area contributed by atoms with Gasteiger partial charge in [-0.05, 0) is 38.4 Å². The van der Waals surface area contributed by atoms with Gasteiger partial charge in [-0.1, -0.05) is 60.7 Å². The minimum atomic E-state index is -0.258. The molecule has 0 atom stereocenters. The fourth-order valence-corrected chi connectivity index (χ4v) is 3.24. The molecule has 0 aliphatic rings. The van der Waals surface area contributed by atoms with E-state index < -0.39 is 0 Å². The summed E-state index contributed by atoms with van der Waals surface area (Å²) in [6.07, 6.45) is 0. The normalized spacial score (nSPS) is 11.2. The monoisotopic (exact) mass is 301 g/mol. The zero-order valence-electron chi connectivity index (χ0n) is 12.9. The number of esters is 1. The molecule has 0 fully saturated rings. The second-order valence-electron chi connectivity index (χ2n) is 5.74. The lowest BCUT2D eigenvalue weighted by Crippen LogP contribution is -2.00. The van der Waals surface area contributed by atoms with Crippen LogP contribution in [-0.4, -0.2) is 5.97 Å². The summed E-state index contributed by atoms with van der Waals surface area (Å²) in [5.41, 5.74) is 1.07. The van der Waals surface area contributed by atoms with Gasteiger partial charge in [0.25, 0.3) is 0 Å². The number of hydrogen-bond donors (Lipinski definition) is 0. The maximum absolute atomic E-state index is 11.3. The van der Waals surface area contributed by atoms with Gasteiger partial charge in [-0.2, -0.15) is 0 Å². The first kappa shape index (κ1) is 13.8. The highest BCUT2D eigenvalue weighted by Gasteiger charge is 2.11. The molecule has 2 heteroatoms. The van der Waals surface area contributed by atoms with Crippen LogP contribution in [0.4, 0.5) is 0 Å². The fraction of sp³-hybridized carbons (Fsp3) is 0.0952. The predicted octanol–water partition coefficient (Wildman–Crippen LogP) is 5.21. The van der Waals surface area contributed by atoms with Crippen LogP contribution in [0.15, 0.2) is 66.7 Å². The van der Waals surface area contributed by atoms with E-state index in [1.807, 2.05) is 12.1 Å². The van der Waals surface area contributed by atoms with E-state index in [2.05, 4.69) is 54.6 Å². The molecule has 0 N–H and O–H groups in total. The minimum absolute atomic E-state index is 0.258. The summed E-state index contributed by atoms with van der Waals surface area (Å²) in [4.78, 5) is 11.3. The van der Waals surface area contributed by atoms with Crippen molar-refractivity contribution >= 4 is 38.3 Å². The number of rotatable bonds is 2. The molecular weight excluding hydrogens is 285 g/mol. The molecule has 23 heavy (non-hydrogen) atoms. The fourth-order valence-electron chi connectivity index (χ4n) is 3.24. The summed E-state index contributed by atoms with van der Waals surface area (Å²) in [6, 6.07) is 23.1. The molecule has 0 saturated heterocycles. The second-order valence-corrected chi connectivity index (χ2v) is 5.74. The van der Waals surface area contributed by atoms with Gasteiger partial charge in [0.2, 0.25) is 0 Å². The highest BCUT2D eigenvalue weighted by atomic mass is 16.6. The van der Waals surface area contributed by atoms with Crippen molar-refractivity contribution in [2.24, 2.45) is 0 Å². The summed E-state index contributed by atoms with van der Waals surface area (Å²) in [5, 5.41) is 7.08. The van der Waals surface area contributed by atoms with E-state index in [-0.39, 0.29) is 5.97 Å². The topological polar surface area (TPSA) is 26.3 Å². The van der Waals surface area contributed by atoms with Crippen LogP contribution in [0.1, 0.15) is 12.5 Å². The van der Waals surface area contributed by atoms with Gasteiger partial charge in [-0.3, -0.25) is 4.79 Å². The van der Waals surface area contributed by atoms with Gasteiger partial charge >= 0.3 is 5.97 Å². The zero-order valence-corrected chi connectivity index (χ0v) is 12.9. The van der Waals surface area contributed by atoms with Crippen LogP contribution in [0.3, 0.4) is 0 Å². The predicted molar refractivity (Wildman–Crippen MR) is 94.4 cm³/mol. The number of hydrogen-bond acceptors (Lipinski definition) is 2. The third kappa shape index (κ3) is 2.33. The quantitative estimate of drug-likeness (QED) is 0.220. The molecule has 0 aromatic heterocycles. The summed E-state index contributed by atoms with van der Waals surface area (Å²) in [6.45, 7) is 1.74. The van der Waals surface area contributed by atoms with E-state index in [0.29, 0.717) is 6.61 Å². The third-order valence-electron chi connectivity index (χ3n) is 4.30. The van der Waals surface area contributed by atoms with E-state index in [4.69, 9.17) is 4.74 Å². The molecule has 0 saturated carbocycles. The highest BCUT2D eigenvalue weighted by Crippen LogP contribution is 2.33. The molecular formula is C21H16O2. The molecule has 0 spiro atoms. The van der Waals surface area contributed by atoms with E-state index in [1.165, 1.54) is 28.5 Å². The Labute approximate surface area is 134 Å². The van der Waals surface area contributed by atoms with Crippen molar-refractivity contribution in [1.29, 1.82) is 0 Å². The summed E-state index contributed by atoms with van der Waals surface area (Å²) in [5.74, 6) is -0.258. The average Bonchev–Trinajstić information content (AvgIpc) is 2.58. The van der Waals surface area contributed by atoms with Gasteiger partial charge in [0.1, 0.15) is 6.61 Å². The van der Waals surface area contributed by atoms with E-state index in [1.54, 1.807) is 0 Å². The smallest absolute Gasteiger partial charge is 0.302 e. The van der Waals surface area contributed by atoms with Gasteiger partial charge in [0, 0.05) is 12.5 Å². The standard InChI is InChI=1S/C21H16O2/c1-14(22)23-13-21-18-9-5-3-7-16(18)12-20-17-8-4-2-6-15(17)10-11-19(20)21/h2-12H,13H2,1H3/i13+1. The second kappa shape index (κ2) is 5.40. The van der Waals surface area contributed by atoms with Gasteiger partial charge in [0.05, 0.1) is 0 Å². The van der Waals surface area contributed by atoms with Crippen molar-refractivity contribution in [3.63, 3.8) is 0 Å². The van der Waals surface area contributed by atoms with Crippen molar-refractivity contribution in [2.75, 3.05) is 0 Å². The van der Waals surface area contributed by atoms with Crippen molar-refractivity contribution < 1.29 is 9.53 Å². The van der Waals surface area contributed by atoms with E-state index >= 15 is 0 Å². The molecule has 4 aromatic carbocycles. The summed E-state index contributed by atoms with van der Waals surface area (Å²) >= 11 is 0. The van der Waals surface area contributed by atoms with Crippen molar-refractivity contribution in [3.8, 4) is 0 Å². The Kier molecular flexibility index (Phi) is 3.23. The molecule has 2 nitrogen and oxygen atoms in total.